The predicted octanol–water partition coefficient (Wildman–Crippen LogP) is 1.88. The molecule has 0 spiro atoms. The minimum Gasteiger partial charge on any atom is -0.425 e. The zero-order valence-corrected chi connectivity index (χ0v) is 6.99. The summed E-state index contributed by atoms with van der Waals surface area (Å²) in [5, 5.41) is 0. The molecule has 0 aliphatic rings. The maximum atomic E-state index is 10.7. The lowest BCUT2D eigenvalue weighted by molar-refractivity contribution is 0.387. The topological polar surface area (TPSA) is 46.5 Å². The van der Waals surface area contributed by atoms with Crippen molar-refractivity contribution in [1.82, 2.24) is 0 Å². The van der Waals surface area contributed by atoms with Gasteiger partial charge in [-0.05, 0) is 12.1 Å². The summed E-state index contributed by atoms with van der Waals surface area (Å²) in [6.07, 6.45) is 0. The van der Waals surface area contributed by atoms with Gasteiger partial charge in [0.05, 0.1) is 0 Å². The molecular formula is C7H9O3P. The summed E-state index contributed by atoms with van der Waals surface area (Å²) >= 11 is 0. The van der Waals surface area contributed by atoms with Crippen molar-refractivity contribution < 1.29 is 14.0 Å². The van der Waals surface area contributed by atoms with E-state index in [9.17, 15) is 4.57 Å². The minimum absolute atomic E-state index is 0.417. The molecule has 1 aromatic carbocycles. The second-order valence-electron chi connectivity index (χ2n) is 2.21. The number of hydrogen-bond acceptors (Lipinski definition) is 2. The lowest BCUT2D eigenvalue weighted by Gasteiger charge is -2.06. The van der Waals surface area contributed by atoms with Gasteiger partial charge in [0.15, 0.2) is 0 Å². The highest BCUT2D eigenvalue weighted by atomic mass is 31.2. The van der Waals surface area contributed by atoms with Gasteiger partial charge < -0.3 is 9.42 Å². The van der Waals surface area contributed by atoms with Crippen molar-refractivity contribution in [2.45, 2.75) is 0 Å². The molecule has 0 aliphatic carbocycles. The molecule has 1 aromatic rings. The van der Waals surface area contributed by atoms with Crippen molar-refractivity contribution in [3.63, 3.8) is 0 Å². The van der Waals surface area contributed by atoms with Crippen molar-refractivity contribution in [1.29, 1.82) is 0 Å². The van der Waals surface area contributed by atoms with Gasteiger partial charge in [-0.1, -0.05) is 18.2 Å². The molecule has 0 heterocycles. The minimum atomic E-state index is -3.39. The third-order valence-electron chi connectivity index (χ3n) is 1.02. The van der Waals surface area contributed by atoms with Gasteiger partial charge in [0.2, 0.25) is 0 Å². The summed E-state index contributed by atoms with van der Waals surface area (Å²) < 4.78 is 15.4. The fourth-order valence-electron chi connectivity index (χ4n) is 0.677. The van der Waals surface area contributed by atoms with E-state index in [1.165, 1.54) is 0 Å². The monoisotopic (exact) mass is 172 g/mol. The number of para-hydroxylation sites is 1. The normalized spacial score (nSPS) is 15.5. The van der Waals surface area contributed by atoms with E-state index in [1.807, 2.05) is 6.07 Å². The van der Waals surface area contributed by atoms with E-state index < -0.39 is 7.60 Å². The molecule has 0 saturated carbocycles. The van der Waals surface area contributed by atoms with Crippen LogP contribution in [0.1, 0.15) is 0 Å². The molecule has 4 heteroatoms. The highest BCUT2D eigenvalue weighted by Gasteiger charge is 2.10. The third-order valence-corrected chi connectivity index (χ3v) is 1.57. The van der Waals surface area contributed by atoms with Crippen molar-refractivity contribution >= 4 is 7.60 Å². The van der Waals surface area contributed by atoms with Gasteiger partial charge in [0, 0.05) is 6.66 Å². The Morgan fingerprint density at radius 3 is 2.36 bits per heavy atom. The van der Waals surface area contributed by atoms with Crippen LogP contribution in [-0.4, -0.2) is 11.6 Å². The Balaban J connectivity index is 2.74. The third kappa shape index (κ3) is 3.21. The highest BCUT2D eigenvalue weighted by Crippen LogP contribution is 2.37. The lowest BCUT2D eigenvalue weighted by atomic mass is 10.3. The Bertz CT molecular complexity index is 264. The summed E-state index contributed by atoms with van der Waals surface area (Å²) in [5.41, 5.74) is 0. The molecule has 0 radical (unpaired) electrons. The smallest absolute Gasteiger partial charge is 0.373 e. The van der Waals surface area contributed by atoms with Gasteiger partial charge in [-0.25, -0.2) is 4.57 Å². The molecule has 1 rings (SSSR count). The fourth-order valence-corrected chi connectivity index (χ4v) is 1.19. The van der Waals surface area contributed by atoms with E-state index in [2.05, 4.69) is 0 Å². The lowest BCUT2D eigenvalue weighted by Crippen LogP contribution is -1.87. The summed E-state index contributed by atoms with van der Waals surface area (Å²) in [6, 6.07) is 8.56. The molecule has 0 saturated heterocycles. The average Bonchev–Trinajstić information content (AvgIpc) is 1.85. The first-order valence-electron chi connectivity index (χ1n) is 3.13. The molecule has 1 atom stereocenters. The van der Waals surface area contributed by atoms with Crippen LogP contribution in [-0.2, 0) is 4.57 Å². The van der Waals surface area contributed by atoms with Crippen LogP contribution in [0, 0.1) is 0 Å². The van der Waals surface area contributed by atoms with E-state index in [1.54, 1.807) is 24.3 Å². The molecule has 0 aromatic heterocycles. The quantitative estimate of drug-likeness (QED) is 0.692. The molecular weight excluding hydrogens is 163 g/mol. The first-order valence-corrected chi connectivity index (χ1v) is 5.15. The maximum absolute atomic E-state index is 10.7. The van der Waals surface area contributed by atoms with Crippen LogP contribution in [0.2, 0.25) is 0 Å². The summed E-state index contributed by atoms with van der Waals surface area (Å²) in [7, 11) is -3.39. The zero-order valence-electron chi connectivity index (χ0n) is 6.10. The highest BCUT2D eigenvalue weighted by molar-refractivity contribution is 7.52. The van der Waals surface area contributed by atoms with Crippen molar-refractivity contribution in [3.05, 3.63) is 30.3 Å². The van der Waals surface area contributed by atoms with Crippen molar-refractivity contribution in [2.75, 3.05) is 6.66 Å². The average molecular weight is 172 g/mol. The SMILES string of the molecule is CP(=O)(O)Oc1ccccc1. The molecule has 1 N–H and O–H groups in total. The van der Waals surface area contributed by atoms with Gasteiger partial charge in [-0.15, -0.1) is 0 Å². The van der Waals surface area contributed by atoms with E-state index >= 15 is 0 Å². The van der Waals surface area contributed by atoms with Crippen LogP contribution in [0.3, 0.4) is 0 Å². The molecule has 0 bridgehead atoms. The van der Waals surface area contributed by atoms with Gasteiger partial charge in [-0.2, -0.15) is 0 Å². The maximum Gasteiger partial charge on any atom is 0.373 e. The molecule has 60 valence electrons. The number of benzene rings is 1. The summed E-state index contributed by atoms with van der Waals surface area (Å²) in [4.78, 5) is 8.80. The Labute approximate surface area is 65.2 Å². The zero-order chi connectivity index (χ0) is 8.32. The van der Waals surface area contributed by atoms with Crippen LogP contribution in [0.4, 0.5) is 0 Å². The molecule has 0 fully saturated rings. The predicted molar refractivity (Wildman–Crippen MR) is 42.8 cm³/mol. The Morgan fingerprint density at radius 1 is 1.36 bits per heavy atom. The Kier molecular flexibility index (Phi) is 2.32. The van der Waals surface area contributed by atoms with Crippen LogP contribution in [0.15, 0.2) is 30.3 Å². The number of rotatable bonds is 2. The summed E-state index contributed by atoms with van der Waals surface area (Å²) in [5.74, 6) is 0.417. The van der Waals surface area contributed by atoms with E-state index in [0.717, 1.165) is 6.66 Å². The van der Waals surface area contributed by atoms with Crippen LogP contribution < -0.4 is 4.52 Å². The first kappa shape index (κ1) is 8.31. The van der Waals surface area contributed by atoms with E-state index in [-0.39, 0.29) is 0 Å². The van der Waals surface area contributed by atoms with Gasteiger partial charge in [-0.3, -0.25) is 0 Å². The largest absolute Gasteiger partial charge is 0.425 e. The van der Waals surface area contributed by atoms with Crippen molar-refractivity contribution in [2.24, 2.45) is 0 Å². The molecule has 11 heavy (non-hydrogen) atoms. The van der Waals surface area contributed by atoms with E-state index in [0.29, 0.717) is 5.75 Å². The Hall–Kier alpha value is -0.790. The van der Waals surface area contributed by atoms with E-state index in [4.69, 9.17) is 9.42 Å². The van der Waals surface area contributed by atoms with Crippen LogP contribution in [0.5, 0.6) is 5.75 Å². The fraction of sp³-hybridized carbons (Fsp3) is 0.143. The molecule has 3 nitrogen and oxygen atoms in total. The molecule has 1 unspecified atom stereocenters. The second kappa shape index (κ2) is 3.07. The number of hydrogen-bond donors (Lipinski definition) is 1. The van der Waals surface area contributed by atoms with Crippen molar-refractivity contribution in [3.8, 4) is 5.75 Å². The standard InChI is InChI=1S/C7H9O3P/c1-11(8,9)10-7-5-3-2-4-6-7/h2-6H,1H3,(H,8,9). The molecule has 0 aliphatic heterocycles. The second-order valence-corrected chi connectivity index (χ2v) is 4.00. The first-order chi connectivity index (χ1) is 5.08. The summed E-state index contributed by atoms with van der Waals surface area (Å²) in [6.45, 7) is 1.15. The Morgan fingerprint density at radius 2 is 1.91 bits per heavy atom. The van der Waals surface area contributed by atoms with Crippen LogP contribution >= 0.6 is 7.60 Å². The molecule has 0 amide bonds. The van der Waals surface area contributed by atoms with Gasteiger partial charge in [0.25, 0.3) is 0 Å². The van der Waals surface area contributed by atoms with Gasteiger partial charge in [0.1, 0.15) is 5.75 Å². The van der Waals surface area contributed by atoms with Crippen LogP contribution in [0.25, 0.3) is 0 Å². The van der Waals surface area contributed by atoms with Gasteiger partial charge >= 0.3 is 7.60 Å².